The molecule has 0 saturated carbocycles. The van der Waals surface area contributed by atoms with Crippen molar-refractivity contribution in [3.05, 3.63) is 36.9 Å². The van der Waals surface area contributed by atoms with Gasteiger partial charge in [-0.2, -0.15) is 0 Å². The molecule has 3 N–H and O–H groups in total. The number of rotatable bonds is 11. The summed E-state index contributed by atoms with van der Waals surface area (Å²) >= 11 is 1.49. The van der Waals surface area contributed by atoms with Gasteiger partial charge in [-0.05, 0) is 30.7 Å². The Kier molecular flexibility index (Phi) is 8.44. The quantitative estimate of drug-likeness (QED) is 0.280. The Labute approximate surface area is 131 Å². The van der Waals surface area contributed by atoms with Crippen molar-refractivity contribution in [3.8, 4) is 0 Å². The fourth-order valence-electron chi connectivity index (χ4n) is 1.44. The van der Waals surface area contributed by atoms with Crippen molar-refractivity contribution in [2.45, 2.75) is 11.3 Å². The first-order valence-electron chi connectivity index (χ1n) is 6.68. The lowest BCUT2D eigenvalue weighted by atomic mass is 10.3. The molecule has 0 aliphatic carbocycles. The number of sulfonamides is 1. The van der Waals surface area contributed by atoms with Gasteiger partial charge in [-0.1, -0.05) is 6.08 Å². The fourth-order valence-corrected chi connectivity index (χ4v) is 3.76. The zero-order valence-electron chi connectivity index (χ0n) is 12.0. The highest BCUT2D eigenvalue weighted by molar-refractivity contribution is 8.00. The van der Waals surface area contributed by atoms with Crippen LogP contribution < -0.4 is 10.5 Å². The second-order valence-electron chi connectivity index (χ2n) is 4.32. The molecule has 0 aliphatic rings. The Morgan fingerprint density at radius 2 is 2.00 bits per heavy atom. The summed E-state index contributed by atoms with van der Waals surface area (Å²) in [5.74, 6) is 0.575. The summed E-state index contributed by atoms with van der Waals surface area (Å²) in [5, 5.41) is 0. The van der Waals surface area contributed by atoms with E-state index in [4.69, 9.17) is 10.5 Å². The highest BCUT2D eigenvalue weighted by Gasteiger charge is 2.09. The van der Waals surface area contributed by atoms with Gasteiger partial charge in [0, 0.05) is 22.9 Å². The van der Waals surface area contributed by atoms with Crippen molar-refractivity contribution in [2.75, 3.05) is 37.0 Å². The van der Waals surface area contributed by atoms with Crippen molar-refractivity contribution in [1.82, 2.24) is 4.72 Å². The summed E-state index contributed by atoms with van der Waals surface area (Å²) < 4.78 is 31.3. The molecule has 21 heavy (non-hydrogen) atoms. The third-order valence-electron chi connectivity index (χ3n) is 2.54. The van der Waals surface area contributed by atoms with Crippen LogP contribution in [0, 0.1) is 0 Å². The number of thioether (sulfide) groups is 1. The van der Waals surface area contributed by atoms with E-state index in [0.717, 1.165) is 11.3 Å². The average Bonchev–Trinajstić information content (AvgIpc) is 2.45. The summed E-state index contributed by atoms with van der Waals surface area (Å²) in [4.78, 5) is 1.01. The first-order chi connectivity index (χ1) is 10.0. The molecule has 0 heterocycles. The molecule has 0 unspecified atom stereocenters. The second kappa shape index (κ2) is 9.83. The molecule has 0 fully saturated rings. The maximum Gasteiger partial charge on any atom is 0.212 e. The standard InChI is InChI=1S/C14H22N2O3S2/c1-2-3-9-19-10-8-16-21(17,18)12-11-20-14-6-4-13(15)5-7-14/h2,4-7,16H,1,3,8-12,15H2. The first-order valence-corrected chi connectivity index (χ1v) is 9.31. The molecule has 1 aromatic rings. The summed E-state index contributed by atoms with van der Waals surface area (Å²) in [5.41, 5.74) is 6.29. The van der Waals surface area contributed by atoms with Crippen molar-refractivity contribution in [2.24, 2.45) is 0 Å². The Morgan fingerprint density at radius 1 is 1.29 bits per heavy atom. The minimum absolute atomic E-state index is 0.0781. The van der Waals surface area contributed by atoms with Gasteiger partial charge in [0.2, 0.25) is 10.0 Å². The summed E-state index contributed by atoms with van der Waals surface area (Å²) in [7, 11) is -3.25. The predicted octanol–water partition coefficient (Wildman–Crippen LogP) is 1.87. The normalized spacial score (nSPS) is 11.4. The van der Waals surface area contributed by atoms with Gasteiger partial charge in [0.05, 0.1) is 19.0 Å². The molecule has 0 bridgehead atoms. The minimum Gasteiger partial charge on any atom is -0.399 e. The molecule has 7 heteroatoms. The van der Waals surface area contributed by atoms with Crippen LogP contribution in [0.2, 0.25) is 0 Å². The zero-order chi connectivity index (χ0) is 15.6. The van der Waals surface area contributed by atoms with Crippen LogP contribution in [0.5, 0.6) is 0 Å². The van der Waals surface area contributed by atoms with Crippen LogP contribution in [0.15, 0.2) is 41.8 Å². The Balaban J connectivity index is 2.17. The lowest BCUT2D eigenvalue weighted by Gasteiger charge is -2.07. The molecule has 0 aliphatic heterocycles. The van der Waals surface area contributed by atoms with Gasteiger partial charge in [0.25, 0.3) is 0 Å². The van der Waals surface area contributed by atoms with Crippen LogP contribution in [0.25, 0.3) is 0 Å². The summed E-state index contributed by atoms with van der Waals surface area (Å²) in [6.07, 6.45) is 2.53. The molecule has 0 atom stereocenters. The van der Waals surface area contributed by atoms with Crippen LogP contribution in [0.4, 0.5) is 5.69 Å². The molecule has 0 aromatic heterocycles. The van der Waals surface area contributed by atoms with Gasteiger partial charge < -0.3 is 10.5 Å². The highest BCUT2D eigenvalue weighted by Crippen LogP contribution is 2.19. The van der Waals surface area contributed by atoms with Crippen molar-refractivity contribution < 1.29 is 13.2 Å². The molecule has 1 aromatic carbocycles. The number of hydrogen-bond acceptors (Lipinski definition) is 5. The number of ether oxygens (including phenoxy) is 1. The Hall–Kier alpha value is -1.02. The SMILES string of the molecule is C=CCCOCCNS(=O)(=O)CCSc1ccc(N)cc1. The van der Waals surface area contributed by atoms with E-state index in [1.807, 2.05) is 12.1 Å². The van der Waals surface area contributed by atoms with Gasteiger partial charge in [0.15, 0.2) is 0 Å². The molecule has 0 radical (unpaired) electrons. The van der Waals surface area contributed by atoms with Crippen LogP contribution in [-0.2, 0) is 14.8 Å². The lowest BCUT2D eigenvalue weighted by molar-refractivity contribution is 0.144. The van der Waals surface area contributed by atoms with E-state index < -0.39 is 10.0 Å². The van der Waals surface area contributed by atoms with Crippen LogP contribution in [0.3, 0.4) is 0 Å². The van der Waals surface area contributed by atoms with Gasteiger partial charge >= 0.3 is 0 Å². The van der Waals surface area contributed by atoms with Crippen molar-refractivity contribution in [1.29, 1.82) is 0 Å². The molecular weight excluding hydrogens is 308 g/mol. The van der Waals surface area contributed by atoms with Crippen LogP contribution in [-0.4, -0.2) is 39.7 Å². The van der Waals surface area contributed by atoms with E-state index >= 15 is 0 Å². The number of nitrogens with one attached hydrogen (secondary N) is 1. The first kappa shape index (κ1) is 18.0. The van der Waals surface area contributed by atoms with E-state index in [2.05, 4.69) is 11.3 Å². The fraction of sp³-hybridized carbons (Fsp3) is 0.429. The molecule has 118 valence electrons. The third-order valence-corrected chi connectivity index (χ3v) is 5.19. The molecule has 0 amide bonds. The smallest absolute Gasteiger partial charge is 0.212 e. The number of anilines is 1. The number of hydrogen-bond donors (Lipinski definition) is 2. The topological polar surface area (TPSA) is 81.4 Å². The molecule has 0 saturated heterocycles. The number of nitrogens with two attached hydrogens (primary N) is 1. The summed E-state index contributed by atoms with van der Waals surface area (Å²) in [6.45, 7) is 4.82. The minimum atomic E-state index is -3.25. The van der Waals surface area contributed by atoms with E-state index in [-0.39, 0.29) is 5.75 Å². The van der Waals surface area contributed by atoms with E-state index in [9.17, 15) is 8.42 Å². The molecular formula is C14H22N2O3S2. The van der Waals surface area contributed by atoms with E-state index in [1.165, 1.54) is 11.8 Å². The highest BCUT2D eigenvalue weighted by atomic mass is 32.2. The second-order valence-corrected chi connectivity index (χ2v) is 7.42. The van der Waals surface area contributed by atoms with Gasteiger partial charge in [-0.15, -0.1) is 18.3 Å². The third kappa shape index (κ3) is 8.77. The van der Waals surface area contributed by atoms with E-state index in [0.29, 0.717) is 31.2 Å². The molecule has 5 nitrogen and oxygen atoms in total. The predicted molar refractivity (Wildman–Crippen MR) is 89.0 cm³/mol. The van der Waals surface area contributed by atoms with Crippen LogP contribution >= 0.6 is 11.8 Å². The zero-order valence-corrected chi connectivity index (χ0v) is 13.6. The number of nitrogen functional groups attached to an aromatic ring is 1. The Morgan fingerprint density at radius 3 is 2.67 bits per heavy atom. The average molecular weight is 330 g/mol. The van der Waals surface area contributed by atoms with Gasteiger partial charge in [0.1, 0.15) is 0 Å². The maximum atomic E-state index is 11.7. The van der Waals surface area contributed by atoms with Crippen molar-refractivity contribution >= 4 is 27.5 Å². The molecule has 1 rings (SSSR count). The van der Waals surface area contributed by atoms with Crippen molar-refractivity contribution in [3.63, 3.8) is 0 Å². The van der Waals surface area contributed by atoms with Gasteiger partial charge in [-0.25, -0.2) is 13.1 Å². The summed E-state index contributed by atoms with van der Waals surface area (Å²) in [6, 6.07) is 7.37. The van der Waals surface area contributed by atoms with Crippen LogP contribution in [0.1, 0.15) is 6.42 Å². The Bertz CT molecular complexity index is 516. The lowest BCUT2D eigenvalue weighted by Crippen LogP contribution is -2.30. The van der Waals surface area contributed by atoms with Gasteiger partial charge in [-0.3, -0.25) is 0 Å². The number of benzene rings is 1. The monoisotopic (exact) mass is 330 g/mol. The molecule has 0 spiro atoms. The van der Waals surface area contributed by atoms with E-state index in [1.54, 1.807) is 18.2 Å². The maximum absolute atomic E-state index is 11.7. The largest absolute Gasteiger partial charge is 0.399 e.